The number of pyridine rings is 1. The van der Waals surface area contributed by atoms with Crippen molar-refractivity contribution in [2.75, 3.05) is 29.9 Å². The van der Waals surface area contributed by atoms with Crippen LogP contribution >= 0.6 is 0 Å². The third kappa shape index (κ3) is 3.79. The van der Waals surface area contributed by atoms with E-state index in [1.807, 2.05) is 6.07 Å². The lowest BCUT2D eigenvalue weighted by molar-refractivity contribution is 0.252. The molecular formula is C25H25N9O2. The maximum absolute atomic E-state index is 13.2. The summed E-state index contributed by atoms with van der Waals surface area (Å²) < 4.78 is 3.17. The minimum absolute atomic E-state index is 0.199. The Hall–Kier alpha value is -4.51. The zero-order chi connectivity index (χ0) is 24.6. The third-order valence-corrected chi connectivity index (χ3v) is 6.40. The predicted molar refractivity (Wildman–Crippen MR) is 137 cm³/mol. The van der Waals surface area contributed by atoms with Gasteiger partial charge in [-0.1, -0.05) is 18.2 Å². The number of hydrogen-bond acceptors (Lipinski definition) is 7. The Kier molecular flexibility index (Phi) is 5.45. The number of benzene rings is 1. The van der Waals surface area contributed by atoms with Crippen LogP contribution in [0.1, 0.15) is 11.1 Å². The molecule has 11 nitrogen and oxygen atoms in total. The minimum atomic E-state index is -0.246. The summed E-state index contributed by atoms with van der Waals surface area (Å²) in [6, 6.07) is 11.4. The average Bonchev–Trinajstić information content (AvgIpc) is 3.45. The smallest absolute Gasteiger partial charge is 0.323 e. The zero-order valence-electron chi connectivity index (χ0n) is 19.6. The van der Waals surface area contributed by atoms with Crippen LogP contribution in [0.15, 0.2) is 60.0 Å². The molecule has 1 saturated heterocycles. The molecule has 2 aliphatic heterocycles. The largest absolute Gasteiger partial charge is 0.336 e. The Morgan fingerprint density at radius 2 is 1.97 bits per heavy atom. The maximum Gasteiger partial charge on any atom is 0.323 e. The second-order valence-corrected chi connectivity index (χ2v) is 8.69. The number of urea groups is 1. The van der Waals surface area contributed by atoms with Gasteiger partial charge in [0.2, 0.25) is 5.95 Å². The Morgan fingerprint density at radius 3 is 2.81 bits per heavy atom. The first kappa shape index (κ1) is 22.0. The van der Waals surface area contributed by atoms with Gasteiger partial charge in [0.05, 0.1) is 6.54 Å². The first-order valence-corrected chi connectivity index (χ1v) is 11.8. The molecular weight excluding hydrogens is 458 g/mol. The number of anilines is 3. The highest BCUT2D eigenvalue weighted by Crippen LogP contribution is 2.23. The van der Waals surface area contributed by atoms with E-state index in [1.165, 1.54) is 22.0 Å². The molecule has 0 unspecified atom stereocenters. The molecule has 3 N–H and O–H groups in total. The highest BCUT2D eigenvalue weighted by Gasteiger charge is 2.24. The molecule has 2 amide bonds. The third-order valence-electron chi connectivity index (χ3n) is 6.40. The summed E-state index contributed by atoms with van der Waals surface area (Å²) in [7, 11) is 0. The second-order valence-electron chi connectivity index (χ2n) is 8.69. The van der Waals surface area contributed by atoms with E-state index in [0.29, 0.717) is 41.7 Å². The predicted octanol–water partition coefficient (Wildman–Crippen LogP) is 2.08. The molecule has 0 bridgehead atoms. The van der Waals surface area contributed by atoms with Crippen molar-refractivity contribution in [2.24, 2.45) is 0 Å². The van der Waals surface area contributed by atoms with E-state index in [9.17, 15) is 9.59 Å². The van der Waals surface area contributed by atoms with Crippen molar-refractivity contribution in [3.05, 3.63) is 76.7 Å². The van der Waals surface area contributed by atoms with Gasteiger partial charge in [0.25, 0.3) is 5.56 Å². The standard InChI is InChI=1S/C25H25N9O2/c1-2-11-33-23(35)19-15-28-24(29-18-7-6-17-14-26-9-8-16(17)13-18)31-22(19)34(33)21-5-3-4-20(30-21)32-12-10-27-25(32)36/h2-7,13,15,26H,1,8-12,14H2,(H,27,36)(H,28,29,31). The minimum Gasteiger partial charge on any atom is -0.336 e. The molecule has 1 aromatic carbocycles. The number of fused-ring (bicyclic) bond motifs is 2. The lowest BCUT2D eigenvalue weighted by Crippen LogP contribution is -2.29. The molecule has 5 heterocycles. The van der Waals surface area contributed by atoms with Gasteiger partial charge in [-0.3, -0.25) is 9.69 Å². The van der Waals surface area contributed by atoms with E-state index in [0.717, 1.165) is 25.2 Å². The SMILES string of the molecule is C=CCn1c(=O)c2cnc(Nc3ccc4c(c3)CCNC4)nc2n1-c1cccc(N2CCNC2=O)n1. The fourth-order valence-corrected chi connectivity index (χ4v) is 4.66. The maximum atomic E-state index is 13.2. The van der Waals surface area contributed by atoms with Gasteiger partial charge < -0.3 is 16.0 Å². The summed E-state index contributed by atoms with van der Waals surface area (Å²) in [5.74, 6) is 1.33. The van der Waals surface area contributed by atoms with Gasteiger partial charge in [0.1, 0.15) is 11.2 Å². The van der Waals surface area contributed by atoms with E-state index in [1.54, 1.807) is 33.9 Å². The van der Waals surface area contributed by atoms with Crippen LogP contribution in [0.5, 0.6) is 0 Å². The summed E-state index contributed by atoms with van der Waals surface area (Å²) in [5.41, 5.74) is 3.63. The Bertz CT molecular complexity index is 1560. The molecule has 6 rings (SSSR count). The molecule has 0 spiro atoms. The Morgan fingerprint density at radius 1 is 1.08 bits per heavy atom. The summed E-state index contributed by atoms with van der Waals surface area (Å²) in [4.78, 5) is 40.8. The molecule has 11 heteroatoms. The van der Waals surface area contributed by atoms with Crippen LogP contribution in [0.25, 0.3) is 16.9 Å². The number of rotatable bonds is 6. The molecule has 1 fully saturated rings. The number of carbonyl (C=O) groups excluding carboxylic acids is 1. The molecule has 4 aromatic rings. The summed E-state index contributed by atoms with van der Waals surface area (Å²) in [6.45, 7) is 6.95. The molecule has 2 aliphatic rings. The lowest BCUT2D eigenvalue weighted by Gasteiger charge is -2.18. The van der Waals surface area contributed by atoms with Gasteiger partial charge in [-0.2, -0.15) is 4.98 Å². The van der Waals surface area contributed by atoms with Gasteiger partial charge in [-0.05, 0) is 48.4 Å². The second kappa shape index (κ2) is 8.93. The number of nitrogens with zero attached hydrogens (tertiary/aromatic N) is 6. The summed E-state index contributed by atoms with van der Waals surface area (Å²) in [5, 5.41) is 9.80. The molecule has 36 heavy (non-hydrogen) atoms. The number of nitrogens with one attached hydrogen (secondary N) is 3. The van der Waals surface area contributed by atoms with E-state index in [-0.39, 0.29) is 18.1 Å². The zero-order valence-corrected chi connectivity index (χ0v) is 19.6. The number of allylic oxidation sites excluding steroid dienone is 1. The van der Waals surface area contributed by atoms with Crippen LogP contribution in [0, 0.1) is 0 Å². The van der Waals surface area contributed by atoms with Gasteiger partial charge in [-0.25, -0.2) is 24.1 Å². The van der Waals surface area contributed by atoms with Crippen LogP contribution in [0.4, 0.5) is 22.2 Å². The quantitative estimate of drug-likeness (QED) is 0.359. The van der Waals surface area contributed by atoms with Crippen LogP contribution in [-0.4, -0.2) is 50.0 Å². The monoisotopic (exact) mass is 483 g/mol. The van der Waals surface area contributed by atoms with E-state index in [4.69, 9.17) is 9.97 Å². The lowest BCUT2D eigenvalue weighted by atomic mass is 10.0. The summed E-state index contributed by atoms with van der Waals surface area (Å²) in [6.07, 6.45) is 4.14. The Labute approximate surface area is 206 Å². The van der Waals surface area contributed by atoms with Crippen molar-refractivity contribution in [3.8, 4) is 5.82 Å². The molecule has 3 aromatic heterocycles. The van der Waals surface area contributed by atoms with Crippen molar-refractivity contribution in [3.63, 3.8) is 0 Å². The first-order valence-electron chi connectivity index (χ1n) is 11.8. The van der Waals surface area contributed by atoms with Crippen molar-refractivity contribution in [1.29, 1.82) is 0 Å². The van der Waals surface area contributed by atoms with Crippen molar-refractivity contribution in [1.82, 2.24) is 34.9 Å². The van der Waals surface area contributed by atoms with Crippen LogP contribution in [-0.2, 0) is 19.5 Å². The number of hydrogen-bond donors (Lipinski definition) is 3. The van der Waals surface area contributed by atoms with Crippen LogP contribution in [0.2, 0.25) is 0 Å². The highest BCUT2D eigenvalue weighted by atomic mass is 16.2. The molecule has 0 aliphatic carbocycles. The van der Waals surface area contributed by atoms with E-state index >= 15 is 0 Å². The van der Waals surface area contributed by atoms with Crippen molar-refractivity contribution < 1.29 is 4.79 Å². The molecule has 0 atom stereocenters. The molecule has 182 valence electrons. The number of amides is 2. The Balaban J connectivity index is 1.44. The fourth-order valence-electron chi connectivity index (χ4n) is 4.66. The highest BCUT2D eigenvalue weighted by molar-refractivity contribution is 5.93. The number of carbonyl (C=O) groups is 1. The normalized spacial score (nSPS) is 15.1. The van der Waals surface area contributed by atoms with Crippen LogP contribution < -0.4 is 26.4 Å². The van der Waals surface area contributed by atoms with Crippen LogP contribution in [0.3, 0.4) is 0 Å². The molecule has 0 saturated carbocycles. The van der Waals surface area contributed by atoms with Gasteiger partial charge in [0.15, 0.2) is 11.5 Å². The molecule has 0 radical (unpaired) electrons. The van der Waals surface area contributed by atoms with E-state index in [2.05, 4.69) is 39.6 Å². The van der Waals surface area contributed by atoms with E-state index < -0.39 is 0 Å². The first-order chi connectivity index (χ1) is 17.6. The number of aromatic nitrogens is 5. The fraction of sp³-hybridized carbons (Fsp3) is 0.240. The average molecular weight is 484 g/mol. The van der Waals surface area contributed by atoms with Gasteiger partial charge in [0, 0.05) is 31.5 Å². The van der Waals surface area contributed by atoms with Gasteiger partial charge >= 0.3 is 6.03 Å². The summed E-state index contributed by atoms with van der Waals surface area (Å²) >= 11 is 0. The van der Waals surface area contributed by atoms with Crippen molar-refractivity contribution in [2.45, 2.75) is 19.5 Å². The van der Waals surface area contributed by atoms with Crippen molar-refractivity contribution >= 4 is 34.5 Å². The van der Waals surface area contributed by atoms with Gasteiger partial charge in [-0.15, -0.1) is 6.58 Å². The topological polar surface area (TPSA) is 122 Å².